The van der Waals surface area contributed by atoms with Gasteiger partial charge >= 0.3 is 0 Å². The SMILES string of the molecule is CC1(C)OC[C@H]([C@@H](O)CN=O)O1. The Bertz CT molecular complexity index is 171. The second-order valence-corrected chi connectivity index (χ2v) is 3.25. The first kappa shape index (κ1) is 9.57. The first-order valence-electron chi connectivity index (χ1n) is 3.84. The molecule has 0 radical (unpaired) electrons. The minimum atomic E-state index is -0.857. The predicted octanol–water partition coefficient (Wildman–Crippen LogP) is 0.265. The van der Waals surface area contributed by atoms with Crippen molar-refractivity contribution in [2.24, 2.45) is 5.18 Å². The standard InChI is InChI=1S/C7H13NO4/c1-7(2)11-4-6(12-7)5(9)3-8-10/h5-6,9H,3-4H2,1-2H3/t5-,6+/m0/s1. The molecule has 0 aromatic heterocycles. The Morgan fingerprint density at radius 1 is 1.75 bits per heavy atom. The molecule has 12 heavy (non-hydrogen) atoms. The summed E-state index contributed by atoms with van der Waals surface area (Å²) < 4.78 is 10.5. The van der Waals surface area contributed by atoms with Gasteiger partial charge in [0.2, 0.25) is 0 Å². The monoisotopic (exact) mass is 175 g/mol. The van der Waals surface area contributed by atoms with Gasteiger partial charge in [-0.2, -0.15) is 4.91 Å². The van der Waals surface area contributed by atoms with Crippen LogP contribution in [0.15, 0.2) is 5.18 Å². The molecule has 0 spiro atoms. The molecular formula is C7H13NO4. The molecule has 70 valence electrons. The smallest absolute Gasteiger partial charge is 0.163 e. The molecule has 5 heteroatoms. The summed E-state index contributed by atoms with van der Waals surface area (Å²) in [6, 6.07) is 0. The van der Waals surface area contributed by atoms with E-state index in [1.807, 2.05) is 0 Å². The van der Waals surface area contributed by atoms with Crippen molar-refractivity contribution in [1.29, 1.82) is 0 Å². The van der Waals surface area contributed by atoms with Crippen LogP contribution in [0.2, 0.25) is 0 Å². The molecular weight excluding hydrogens is 162 g/mol. The van der Waals surface area contributed by atoms with E-state index in [2.05, 4.69) is 5.18 Å². The summed E-state index contributed by atoms with van der Waals surface area (Å²) in [5.74, 6) is -0.658. The second kappa shape index (κ2) is 3.47. The zero-order valence-electron chi connectivity index (χ0n) is 7.19. The average Bonchev–Trinajstić information content (AvgIpc) is 2.31. The fourth-order valence-corrected chi connectivity index (χ4v) is 1.10. The van der Waals surface area contributed by atoms with Crippen molar-refractivity contribution in [3.63, 3.8) is 0 Å². The maximum Gasteiger partial charge on any atom is 0.163 e. The van der Waals surface area contributed by atoms with E-state index in [1.165, 1.54) is 0 Å². The number of rotatable bonds is 3. The summed E-state index contributed by atoms with van der Waals surface area (Å²) in [6.45, 7) is 3.68. The summed E-state index contributed by atoms with van der Waals surface area (Å²) in [5, 5.41) is 11.9. The minimum absolute atomic E-state index is 0.149. The normalized spacial score (nSPS) is 30.1. The van der Waals surface area contributed by atoms with Gasteiger partial charge in [0.15, 0.2) is 5.79 Å². The zero-order chi connectivity index (χ0) is 9.19. The lowest BCUT2D eigenvalue weighted by atomic mass is 10.2. The molecule has 1 N–H and O–H groups in total. The Morgan fingerprint density at radius 2 is 2.42 bits per heavy atom. The molecule has 0 amide bonds. The number of hydrogen-bond acceptors (Lipinski definition) is 5. The number of nitrogens with zero attached hydrogens (tertiary/aromatic N) is 1. The molecule has 1 saturated heterocycles. The minimum Gasteiger partial charge on any atom is -0.388 e. The van der Waals surface area contributed by atoms with Crippen LogP contribution in [0.5, 0.6) is 0 Å². The van der Waals surface area contributed by atoms with E-state index in [0.717, 1.165) is 0 Å². The van der Waals surface area contributed by atoms with E-state index >= 15 is 0 Å². The van der Waals surface area contributed by atoms with E-state index in [0.29, 0.717) is 6.61 Å². The lowest BCUT2D eigenvalue weighted by Crippen LogP contribution is -2.32. The Labute approximate surface area is 70.6 Å². The number of ether oxygens (including phenoxy) is 2. The maximum atomic E-state index is 9.83. The van der Waals surface area contributed by atoms with Gasteiger partial charge in [-0.05, 0) is 13.8 Å². The molecule has 0 aromatic carbocycles. The molecule has 1 heterocycles. The lowest BCUT2D eigenvalue weighted by Gasteiger charge is -2.18. The molecule has 2 atom stereocenters. The first-order chi connectivity index (χ1) is 5.55. The Kier molecular flexibility index (Phi) is 2.76. The van der Waals surface area contributed by atoms with Crippen molar-refractivity contribution in [2.75, 3.05) is 13.2 Å². The molecule has 0 bridgehead atoms. The highest BCUT2D eigenvalue weighted by molar-refractivity contribution is 4.78. The summed E-state index contributed by atoms with van der Waals surface area (Å²) in [4.78, 5) is 9.83. The van der Waals surface area contributed by atoms with Gasteiger partial charge in [0.05, 0.1) is 6.61 Å². The van der Waals surface area contributed by atoms with Gasteiger partial charge in [-0.15, -0.1) is 0 Å². The van der Waals surface area contributed by atoms with E-state index in [-0.39, 0.29) is 6.54 Å². The number of nitroso groups, excluding NO2 is 1. The lowest BCUT2D eigenvalue weighted by molar-refractivity contribution is -0.150. The van der Waals surface area contributed by atoms with Crippen molar-refractivity contribution < 1.29 is 14.6 Å². The van der Waals surface area contributed by atoms with Crippen LogP contribution in [0.1, 0.15) is 13.8 Å². The van der Waals surface area contributed by atoms with E-state index in [4.69, 9.17) is 9.47 Å². The second-order valence-electron chi connectivity index (χ2n) is 3.25. The quantitative estimate of drug-likeness (QED) is 0.625. The highest BCUT2D eigenvalue weighted by atomic mass is 16.7. The summed E-state index contributed by atoms with van der Waals surface area (Å²) in [6.07, 6.45) is -1.29. The van der Waals surface area contributed by atoms with E-state index < -0.39 is 18.0 Å². The van der Waals surface area contributed by atoms with Crippen LogP contribution in [-0.4, -0.2) is 36.3 Å². The first-order valence-corrected chi connectivity index (χ1v) is 3.84. The highest BCUT2D eigenvalue weighted by Crippen LogP contribution is 2.24. The third-order valence-corrected chi connectivity index (χ3v) is 1.72. The number of aliphatic hydroxyl groups is 1. The van der Waals surface area contributed by atoms with Crippen LogP contribution >= 0.6 is 0 Å². The van der Waals surface area contributed by atoms with Crippen LogP contribution in [0.3, 0.4) is 0 Å². The van der Waals surface area contributed by atoms with Gasteiger partial charge in [0, 0.05) is 0 Å². The van der Waals surface area contributed by atoms with Gasteiger partial charge in [-0.3, -0.25) is 0 Å². The highest BCUT2D eigenvalue weighted by Gasteiger charge is 2.36. The fourth-order valence-electron chi connectivity index (χ4n) is 1.10. The van der Waals surface area contributed by atoms with Crippen molar-refractivity contribution in [3.8, 4) is 0 Å². The predicted molar refractivity (Wildman–Crippen MR) is 41.6 cm³/mol. The van der Waals surface area contributed by atoms with Crippen LogP contribution in [0, 0.1) is 4.91 Å². The maximum absolute atomic E-state index is 9.83. The molecule has 0 saturated carbocycles. The van der Waals surface area contributed by atoms with Gasteiger partial charge in [-0.1, -0.05) is 5.18 Å². The van der Waals surface area contributed by atoms with Crippen molar-refractivity contribution in [1.82, 2.24) is 0 Å². The molecule has 1 fully saturated rings. The molecule has 0 aliphatic carbocycles. The zero-order valence-corrected chi connectivity index (χ0v) is 7.19. The van der Waals surface area contributed by atoms with Crippen LogP contribution < -0.4 is 0 Å². The number of aliphatic hydroxyl groups excluding tert-OH is 1. The van der Waals surface area contributed by atoms with E-state index in [1.54, 1.807) is 13.8 Å². The third-order valence-electron chi connectivity index (χ3n) is 1.72. The molecule has 1 aliphatic heterocycles. The molecule has 0 aromatic rings. The Morgan fingerprint density at radius 3 is 2.83 bits per heavy atom. The Hall–Kier alpha value is -0.520. The third kappa shape index (κ3) is 2.23. The van der Waals surface area contributed by atoms with Crippen LogP contribution in [-0.2, 0) is 9.47 Å². The van der Waals surface area contributed by atoms with Crippen molar-refractivity contribution >= 4 is 0 Å². The largest absolute Gasteiger partial charge is 0.388 e. The molecule has 1 aliphatic rings. The van der Waals surface area contributed by atoms with Crippen molar-refractivity contribution in [3.05, 3.63) is 4.91 Å². The molecule has 0 unspecified atom stereocenters. The Balaban J connectivity index is 2.40. The summed E-state index contributed by atoms with van der Waals surface area (Å²) in [7, 11) is 0. The van der Waals surface area contributed by atoms with Crippen LogP contribution in [0.4, 0.5) is 0 Å². The van der Waals surface area contributed by atoms with Crippen molar-refractivity contribution in [2.45, 2.75) is 31.8 Å². The molecule has 5 nitrogen and oxygen atoms in total. The fraction of sp³-hybridized carbons (Fsp3) is 1.00. The van der Waals surface area contributed by atoms with Gasteiger partial charge in [0.25, 0.3) is 0 Å². The van der Waals surface area contributed by atoms with Gasteiger partial charge in [0.1, 0.15) is 18.8 Å². The van der Waals surface area contributed by atoms with E-state index in [9.17, 15) is 10.0 Å². The number of hydrogen-bond donors (Lipinski definition) is 1. The molecule has 1 rings (SSSR count). The topological polar surface area (TPSA) is 68.1 Å². The average molecular weight is 175 g/mol. The summed E-state index contributed by atoms with van der Waals surface area (Å²) in [5.41, 5.74) is 0. The van der Waals surface area contributed by atoms with Crippen LogP contribution in [0.25, 0.3) is 0 Å². The van der Waals surface area contributed by atoms with Gasteiger partial charge in [-0.25, -0.2) is 0 Å². The van der Waals surface area contributed by atoms with Gasteiger partial charge < -0.3 is 14.6 Å². The summed E-state index contributed by atoms with van der Waals surface area (Å²) >= 11 is 0.